The van der Waals surface area contributed by atoms with Crippen LogP contribution in [0.1, 0.15) is 46.8 Å². The second kappa shape index (κ2) is 8.71. The van der Waals surface area contributed by atoms with E-state index in [0.717, 1.165) is 35.3 Å². The number of amides is 1. The Morgan fingerprint density at radius 2 is 1.89 bits per heavy atom. The molecule has 1 amide bonds. The SMILES string of the molecule is CCCOc1ccc(CCC(=O)N2CCc3ccc(C(=O)O)cc3C2)cc1. The number of benzene rings is 2. The fraction of sp³-hybridized carbons (Fsp3) is 0.364. The molecule has 0 fully saturated rings. The van der Waals surface area contributed by atoms with Gasteiger partial charge in [-0.3, -0.25) is 4.79 Å². The zero-order valence-electron chi connectivity index (χ0n) is 15.6. The Bertz CT molecular complexity index is 814. The van der Waals surface area contributed by atoms with Crippen LogP contribution in [-0.2, 0) is 24.2 Å². The lowest BCUT2D eigenvalue weighted by atomic mass is 9.97. The minimum Gasteiger partial charge on any atom is -0.494 e. The molecule has 0 saturated heterocycles. The normalized spacial score (nSPS) is 13.1. The Morgan fingerprint density at radius 3 is 2.59 bits per heavy atom. The molecule has 1 N–H and O–H groups in total. The average molecular weight is 367 g/mol. The molecule has 1 aliphatic rings. The van der Waals surface area contributed by atoms with Gasteiger partial charge in [-0.05, 0) is 60.2 Å². The Labute approximate surface area is 159 Å². The number of carbonyl (C=O) groups is 2. The van der Waals surface area contributed by atoms with E-state index in [1.54, 1.807) is 12.1 Å². The number of carbonyl (C=O) groups excluding carboxylic acids is 1. The summed E-state index contributed by atoms with van der Waals surface area (Å²) in [6.45, 7) is 3.94. The van der Waals surface area contributed by atoms with Gasteiger partial charge in [0.05, 0.1) is 12.2 Å². The number of rotatable bonds is 7. The van der Waals surface area contributed by atoms with Crippen molar-refractivity contribution in [1.82, 2.24) is 4.90 Å². The maximum atomic E-state index is 12.6. The first kappa shape index (κ1) is 19.0. The van der Waals surface area contributed by atoms with Gasteiger partial charge in [0.25, 0.3) is 0 Å². The summed E-state index contributed by atoms with van der Waals surface area (Å²) >= 11 is 0. The number of nitrogens with zero attached hydrogens (tertiary/aromatic N) is 1. The van der Waals surface area contributed by atoms with Crippen LogP contribution in [0.15, 0.2) is 42.5 Å². The molecule has 2 aromatic rings. The van der Waals surface area contributed by atoms with Crippen LogP contribution in [0.25, 0.3) is 0 Å². The number of fused-ring (bicyclic) bond motifs is 1. The fourth-order valence-electron chi connectivity index (χ4n) is 3.28. The smallest absolute Gasteiger partial charge is 0.335 e. The monoisotopic (exact) mass is 367 g/mol. The molecule has 2 aromatic carbocycles. The summed E-state index contributed by atoms with van der Waals surface area (Å²) in [4.78, 5) is 25.6. The molecule has 0 atom stereocenters. The predicted octanol–water partition coefficient (Wildman–Crippen LogP) is 3.69. The predicted molar refractivity (Wildman–Crippen MR) is 103 cm³/mol. The van der Waals surface area contributed by atoms with Gasteiger partial charge in [-0.15, -0.1) is 0 Å². The molecule has 0 unspecified atom stereocenters. The minimum absolute atomic E-state index is 0.104. The van der Waals surface area contributed by atoms with Crippen LogP contribution in [0.4, 0.5) is 0 Å². The van der Waals surface area contributed by atoms with Crippen molar-refractivity contribution in [3.63, 3.8) is 0 Å². The Balaban J connectivity index is 1.56. The van der Waals surface area contributed by atoms with Crippen LogP contribution in [0, 0.1) is 0 Å². The molecule has 1 heterocycles. The first-order valence-corrected chi connectivity index (χ1v) is 9.41. The molecule has 0 bridgehead atoms. The molecule has 0 aromatic heterocycles. The second-order valence-electron chi connectivity index (χ2n) is 6.85. The van der Waals surface area contributed by atoms with Crippen LogP contribution in [0.3, 0.4) is 0 Å². The number of carboxylic acids is 1. The number of carboxylic acid groups (broad SMARTS) is 1. The van der Waals surface area contributed by atoms with Crippen LogP contribution < -0.4 is 4.74 Å². The van der Waals surface area contributed by atoms with Crippen LogP contribution in [-0.4, -0.2) is 35.0 Å². The van der Waals surface area contributed by atoms with E-state index in [0.29, 0.717) is 32.5 Å². The third kappa shape index (κ3) is 4.88. The molecular formula is C22H25NO4. The molecule has 0 aliphatic carbocycles. The van der Waals surface area contributed by atoms with Gasteiger partial charge in [0.15, 0.2) is 0 Å². The first-order valence-electron chi connectivity index (χ1n) is 9.41. The van der Waals surface area contributed by atoms with E-state index in [9.17, 15) is 9.59 Å². The molecule has 142 valence electrons. The van der Waals surface area contributed by atoms with Crippen molar-refractivity contribution in [2.45, 2.75) is 39.2 Å². The van der Waals surface area contributed by atoms with Crippen molar-refractivity contribution in [3.8, 4) is 5.75 Å². The zero-order valence-corrected chi connectivity index (χ0v) is 15.6. The highest BCUT2D eigenvalue weighted by molar-refractivity contribution is 5.88. The van der Waals surface area contributed by atoms with Gasteiger partial charge in [0, 0.05) is 19.5 Å². The van der Waals surface area contributed by atoms with Crippen LogP contribution in [0.5, 0.6) is 5.75 Å². The zero-order chi connectivity index (χ0) is 19.2. The maximum Gasteiger partial charge on any atom is 0.335 e. The first-order chi connectivity index (χ1) is 13.1. The number of aromatic carboxylic acids is 1. The van der Waals surface area contributed by atoms with Crippen molar-refractivity contribution < 1.29 is 19.4 Å². The summed E-state index contributed by atoms with van der Waals surface area (Å²) < 4.78 is 5.57. The van der Waals surface area contributed by atoms with Crippen molar-refractivity contribution in [3.05, 3.63) is 64.7 Å². The minimum atomic E-state index is -0.937. The molecule has 5 nitrogen and oxygen atoms in total. The highest BCUT2D eigenvalue weighted by atomic mass is 16.5. The summed E-state index contributed by atoms with van der Waals surface area (Å²) in [6.07, 6.45) is 2.88. The highest BCUT2D eigenvalue weighted by Gasteiger charge is 2.21. The number of hydrogen-bond donors (Lipinski definition) is 1. The third-order valence-corrected chi connectivity index (χ3v) is 4.84. The van der Waals surface area contributed by atoms with E-state index in [1.165, 1.54) is 0 Å². The quantitative estimate of drug-likeness (QED) is 0.810. The van der Waals surface area contributed by atoms with Gasteiger partial charge in [0.2, 0.25) is 5.91 Å². The Hall–Kier alpha value is -2.82. The van der Waals surface area contributed by atoms with Gasteiger partial charge < -0.3 is 14.7 Å². The van der Waals surface area contributed by atoms with Gasteiger partial charge in [-0.25, -0.2) is 4.79 Å². The summed E-state index contributed by atoms with van der Waals surface area (Å²) in [6, 6.07) is 13.1. The standard InChI is InChI=1S/C22H25NO4/c1-2-13-27-20-8-3-16(4-9-20)5-10-21(24)23-12-11-17-6-7-18(22(25)26)14-19(17)15-23/h3-4,6-9,14H,2,5,10-13,15H2,1H3,(H,25,26). The van der Waals surface area contributed by atoms with E-state index in [-0.39, 0.29) is 11.5 Å². The van der Waals surface area contributed by atoms with Gasteiger partial charge in [-0.1, -0.05) is 25.1 Å². The van der Waals surface area contributed by atoms with Crippen LogP contribution in [0.2, 0.25) is 0 Å². The summed E-state index contributed by atoms with van der Waals surface area (Å²) in [5.41, 5.74) is 3.45. The number of hydrogen-bond acceptors (Lipinski definition) is 3. The van der Waals surface area contributed by atoms with E-state index in [1.807, 2.05) is 35.2 Å². The van der Waals surface area contributed by atoms with E-state index >= 15 is 0 Å². The van der Waals surface area contributed by atoms with E-state index in [4.69, 9.17) is 9.84 Å². The van der Waals surface area contributed by atoms with E-state index in [2.05, 4.69) is 6.92 Å². The topological polar surface area (TPSA) is 66.8 Å². The third-order valence-electron chi connectivity index (χ3n) is 4.84. The van der Waals surface area contributed by atoms with Crippen molar-refractivity contribution in [1.29, 1.82) is 0 Å². The lowest BCUT2D eigenvalue weighted by Gasteiger charge is -2.29. The number of aryl methyl sites for hydroxylation is 1. The molecule has 1 aliphatic heterocycles. The Kier molecular flexibility index (Phi) is 6.12. The van der Waals surface area contributed by atoms with Gasteiger partial charge in [-0.2, -0.15) is 0 Å². The summed E-state index contributed by atoms with van der Waals surface area (Å²) in [5.74, 6) is 0.0223. The lowest BCUT2D eigenvalue weighted by Crippen LogP contribution is -2.36. The van der Waals surface area contributed by atoms with Crippen molar-refractivity contribution in [2.24, 2.45) is 0 Å². The largest absolute Gasteiger partial charge is 0.494 e. The second-order valence-corrected chi connectivity index (χ2v) is 6.85. The fourth-order valence-corrected chi connectivity index (χ4v) is 3.28. The average Bonchev–Trinajstić information content (AvgIpc) is 2.70. The summed E-state index contributed by atoms with van der Waals surface area (Å²) in [7, 11) is 0. The van der Waals surface area contributed by atoms with Gasteiger partial charge in [0.1, 0.15) is 5.75 Å². The lowest BCUT2D eigenvalue weighted by molar-refractivity contribution is -0.132. The number of ether oxygens (including phenoxy) is 1. The molecule has 0 saturated carbocycles. The molecular weight excluding hydrogens is 342 g/mol. The Morgan fingerprint density at radius 1 is 1.11 bits per heavy atom. The van der Waals surface area contributed by atoms with E-state index < -0.39 is 5.97 Å². The molecule has 0 radical (unpaired) electrons. The van der Waals surface area contributed by atoms with Gasteiger partial charge >= 0.3 is 5.97 Å². The molecule has 27 heavy (non-hydrogen) atoms. The molecule has 3 rings (SSSR count). The summed E-state index contributed by atoms with van der Waals surface area (Å²) in [5, 5.41) is 9.15. The molecule has 5 heteroatoms. The maximum absolute atomic E-state index is 12.6. The van der Waals surface area contributed by atoms with Crippen molar-refractivity contribution >= 4 is 11.9 Å². The highest BCUT2D eigenvalue weighted by Crippen LogP contribution is 2.22. The molecule has 0 spiro atoms. The van der Waals surface area contributed by atoms with Crippen molar-refractivity contribution in [2.75, 3.05) is 13.2 Å². The van der Waals surface area contributed by atoms with Crippen LogP contribution >= 0.6 is 0 Å².